The first-order valence-electron chi connectivity index (χ1n) is 13.1. The zero-order valence-electron chi connectivity index (χ0n) is 20.2. The van der Waals surface area contributed by atoms with Gasteiger partial charge in [0.1, 0.15) is 6.04 Å². The summed E-state index contributed by atoms with van der Waals surface area (Å²) in [5.41, 5.74) is 2.13. The van der Waals surface area contributed by atoms with E-state index in [9.17, 15) is 14.7 Å². The van der Waals surface area contributed by atoms with Gasteiger partial charge in [0.2, 0.25) is 5.91 Å². The fourth-order valence-corrected chi connectivity index (χ4v) is 8.50. The molecule has 4 heteroatoms. The molecule has 0 aromatic heterocycles. The summed E-state index contributed by atoms with van der Waals surface area (Å²) in [6, 6.07) is 8.65. The lowest BCUT2D eigenvalue weighted by atomic mass is 9.45. The molecule has 33 heavy (non-hydrogen) atoms. The number of carboxylic acid groups (broad SMARTS) is 1. The molecule has 3 fully saturated rings. The van der Waals surface area contributed by atoms with Gasteiger partial charge in [-0.1, -0.05) is 63.1 Å². The van der Waals surface area contributed by atoms with Gasteiger partial charge in [-0.05, 0) is 79.6 Å². The number of carbonyl (C=O) groups excluding carboxylic acids is 1. The lowest BCUT2D eigenvalue weighted by molar-refractivity contribution is -0.141. The second-order valence-electron chi connectivity index (χ2n) is 11.8. The second-order valence-corrected chi connectivity index (χ2v) is 11.8. The van der Waals surface area contributed by atoms with Crippen molar-refractivity contribution in [2.75, 3.05) is 0 Å². The number of carbonyl (C=O) groups is 2. The van der Waals surface area contributed by atoms with Gasteiger partial charge < -0.3 is 10.4 Å². The summed E-state index contributed by atoms with van der Waals surface area (Å²) >= 11 is 0. The number of nitrogens with one attached hydrogen (secondary N) is 1. The Labute approximate surface area is 198 Å². The summed E-state index contributed by atoms with van der Waals surface area (Å²) in [6.07, 6.45) is 13.9. The minimum atomic E-state index is -0.972. The molecule has 0 heterocycles. The maximum atomic E-state index is 13.4. The average molecular weight is 450 g/mol. The molecule has 0 radical (unpaired) electrons. The number of fused-ring (bicyclic) bond motifs is 5. The monoisotopic (exact) mass is 449 g/mol. The minimum absolute atomic E-state index is 0.126. The topological polar surface area (TPSA) is 66.4 Å². The van der Waals surface area contributed by atoms with Gasteiger partial charge in [0.25, 0.3) is 0 Å². The van der Waals surface area contributed by atoms with Gasteiger partial charge >= 0.3 is 5.97 Å². The van der Waals surface area contributed by atoms with Crippen LogP contribution in [0.3, 0.4) is 0 Å². The summed E-state index contributed by atoms with van der Waals surface area (Å²) in [5.74, 6) is 1.76. The predicted octanol–water partition coefficient (Wildman–Crippen LogP) is 5.77. The summed E-state index contributed by atoms with van der Waals surface area (Å²) in [4.78, 5) is 25.4. The lowest BCUT2D eigenvalue weighted by Crippen LogP contribution is -2.53. The van der Waals surface area contributed by atoms with Gasteiger partial charge in [0.15, 0.2) is 0 Å². The molecular weight excluding hydrogens is 410 g/mol. The highest BCUT2D eigenvalue weighted by molar-refractivity contribution is 5.97. The van der Waals surface area contributed by atoms with Crippen molar-refractivity contribution in [3.63, 3.8) is 0 Å². The number of amides is 1. The van der Waals surface area contributed by atoms with Gasteiger partial charge in [-0.25, -0.2) is 4.79 Å². The SMILES string of the molecule is C[C@]12CCCC[C@@H]1CC[C@@H]1[C@@H]2CC[C@]2(C)C(C(=O)N[C@@H](Cc3ccccc3)C(=O)O)=CC[C@@H]12. The standard InChI is InChI=1S/C29H39NO3/c1-28-16-7-6-10-20(28)11-12-21-22-13-14-24(29(22,2)17-15-23(21)28)26(31)30-25(27(32)33)18-19-8-4-3-5-9-19/h3-5,8-9,14,20-23,25H,6-7,10-13,15-18H2,1-2H3,(H,30,31)(H,32,33)/t20-,21+,22+,23+,25+,28+,29+/m1/s1. The van der Waals surface area contributed by atoms with Gasteiger partial charge in [0, 0.05) is 17.4 Å². The fraction of sp³-hybridized carbons (Fsp3) is 0.655. The van der Waals surface area contributed by atoms with Crippen molar-refractivity contribution in [2.24, 2.45) is 34.5 Å². The predicted molar refractivity (Wildman–Crippen MR) is 130 cm³/mol. The first-order valence-corrected chi connectivity index (χ1v) is 13.1. The summed E-state index contributed by atoms with van der Waals surface area (Å²) in [7, 11) is 0. The molecular formula is C29H39NO3. The van der Waals surface area contributed by atoms with Gasteiger partial charge in [0.05, 0.1) is 0 Å². The third-order valence-corrected chi connectivity index (χ3v) is 10.3. The van der Waals surface area contributed by atoms with Gasteiger partial charge in [-0.2, -0.15) is 0 Å². The maximum Gasteiger partial charge on any atom is 0.326 e. The molecule has 4 aliphatic carbocycles. The number of rotatable bonds is 5. The number of allylic oxidation sites excluding steroid dienone is 1. The number of hydrogen-bond donors (Lipinski definition) is 2. The first kappa shape index (κ1) is 22.7. The highest BCUT2D eigenvalue weighted by Crippen LogP contribution is 2.66. The molecule has 1 aromatic carbocycles. The quantitative estimate of drug-likeness (QED) is 0.600. The lowest BCUT2D eigenvalue weighted by Gasteiger charge is -2.60. The average Bonchev–Trinajstić information content (AvgIpc) is 3.16. The Balaban J connectivity index is 1.31. The van der Waals surface area contributed by atoms with Crippen LogP contribution in [0, 0.1) is 34.5 Å². The molecule has 1 aromatic rings. The number of hydrogen-bond acceptors (Lipinski definition) is 2. The molecule has 0 unspecified atom stereocenters. The van der Waals surface area contributed by atoms with E-state index in [1.807, 2.05) is 30.3 Å². The molecule has 0 saturated heterocycles. The third-order valence-electron chi connectivity index (χ3n) is 10.3. The molecule has 0 spiro atoms. The van der Waals surface area contributed by atoms with Gasteiger partial charge in [-0.3, -0.25) is 4.79 Å². The molecule has 4 nitrogen and oxygen atoms in total. The molecule has 0 bridgehead atoms. The third kappa shape index (κ3) is 3.84. The zero-order chi connectivity index (χ0) is 23.2. The van der Waals surface area contributed by atoms with Crippen LogP contribution in [0.4, 0.5) is 0 Å². The highest BCUT2D eigenvalue weighted by Gasteiger charge is 2.58. The van der Waals surface area contributed by atoms with Crippen molar-refractivity contribution >= 4 is 11.9 Å². The Morgan fingerprint density at radius 2 is 1.82 bits per heavy atom. The number of benzene rings is 1. The molecule has 4 aliphatic rings. The maximum absolute atomic E-state index is 13.4. The van der Waals surface area contributed by atoms with Crippen molar-refractivity contribution in [3.8, 4) is 0 Å². The van der Waals surface area contributed by atoms with Crippen LogP contribution in [0.1, 0.15) is 77.2 Å². The van der Waals surface area contributed by atoms with E-state index in [2.05, 4.69) is 25.2 Å². The molecule has 178 valence electrons. The molecule has 7 atom stereocenters. The molecule has 1 amide bonds. The summed E-state index contributed by atoms with van der Waals surface area (Å²) in [5, 5.41) is 12.7. The Hall–Kier alpha value is -2.10. The van der Waals surface area contributed by atoms with Crippen molar-refractivity contribution in [2.45, 2.75) is 84.1 Å². The van der Waals surface area contributed by atoms with Crippen LogP contribution >= 0.6 is 0 Å². The van der Waals surface area contributed by atoms with Crippen molar-refractivity contribution in [1.29, 1.82) is 0 Å². The van der Waals surface area contributed by atoms with E-state index < -0.39 is 12.0 Å². The smallest absolute Gasteiger partial charge is 0.326 e. The van der Waals surface area contributed by atoms with Crippen LogP contribution in [0.5, 0.6) is 0 Å². The Bertz CT molecular complexity index is 939. The van der Waals surface area contributed by atoms with Crippen LogP contribution in [-0.4, -0.2) is 23.0 Å². The van der Waals surface area contributed by atoms with Crippen LogP contribution in [0.15, 0.2) is 42.0 Å². The summed E-state index contributed by atoms with van der Waals surface area (Å²) in [6.45, 7) is 4.86. The number of carboxylic acids is 1. The van der Waals surface area contributed by atoms with E-state index in [0.717, 1.165) is 35.8 Å². The van der Waals surface area contributed by atoms with E-state index in [0.29, 0.717) is 23.7 Å². The highest BCUT2D eigenvalue weighted by atomic mass is 16.4. The van der Waals surface area contributed by atoms with E-state index in [1.165, 1.54) is 44.9 Å². The van der Waals surface area contributed by atoms with Crippen LogP contribution in [0.2, 0.25) is 0 Å². The number of aliphatic carboxylic acids is 1. The summed E-state index contributed by atoms with van der Waals surface area (Å²) < 4.78 is 0. The molecule has 0 aliphatic heterocycles. The van der Waals surface area contributed by atoms with Crippen LogP contribution in [-0.2, 0) is 16.0 Å². The zero-order valence-corrected chi connectivity index (χ0v) is 20.2. The Kier molecular flexibility index (Phi) is 5.91. The van der Waals surface area contributed by atoms with Crippen molar-refractivity contribution in [3.05, 3.63) is 47.5 Å². The van der Waals surface area contributed by atoms with E-state index in [1.54, 1.807) is 0 Å². The Morgan fingerprint density at radius 3 is 2.58 bits per heavy atom. The fourth-order valence-electron chi connectivity index (χ4n) is 8.50. The largest absolute Gasteiger partial charge is 0.480 e. The van der Waals surface area contributed by atoms with Crippen molar-refractivity contribution < 1.29 is 14.7 Å². The minimum Gasteiger partial charge on any atom is -0.480 e. The van der Waals surface area contributed by atoms with Gasteiger partial charge in [-0.15, -0.1) is 0 Å². The van der Waals surface area contributed by atoms with E-state index in [-0.39, 0.29) is 11.3 Å². The van der Waals surface area contributed by atoms with Crippen LogP contribution in [0.25, 0.3) is 0 Å². The Morgan fingerprint density at radius 1 is 1.03 bits per heavy atom. The van der Waals surface area contributed by atoms with E-state index >= 15 is 0 Å². The second kappa shape index (κ2) is 8.60. The van der Waals surface area contributed by atoms with E-state index in [4.69, 9.17) is 0 Å². The van der Waals surface area contributed by atoms with Crippen molar-refractivity contribution in [1.82, 2.24) is 5.32 Å². The molecule has 2 N–H and O–H groups in total. The first-order chi connectivity index (χ1) is 15.8. The normalized spacial score (nSPS) is 38.3. The molecule has 3 saturated carbocycles. The molecule has 5 rings (SSSR count). The van der Waals surface area contributed by atoms with Crippen LogP contribution < -0.4 is 5.32 Å².